The highest BCUT2D eigenvalue weighted by atomic mass is 32.2. The second-order valence-electron chi connectivity index (χ2n) is 6.39. The zero-order valence-corrected chi connectivity index (χ0v) is 13.5. The van der Waals surface area contributed by atoms with Crippen LogP contribution in [0.5, 0.6) is 0 Å². The molecule has 1 aromatic carbocycles. The van der Waals surface area contributed by atoms with Crippen molar-refractivity contribution in [2.75, 3.05) is 12.8 Å². The molecule has 0 aromatic heterocycles. The van der Waals surface area contributed by atoms with Crippen LogP contribution >= 0.6 is 11.8 Å². The molecule has 110 valence electrons. The third-order valence-electron chi connectivity index (χ3n) is 5.09. The van der Waals surface area contributed by atoms with Gasteiger partial charge in [0.05, 0.1) is 0 Å². The monoisotopic (exact) mass is 289 g/mol. The Balaban J connectivity index is 1.57. The highest BCUT2D eigenvalue weighted by Gasteiger charge is 2.22. The molecule has 0 heterocycles. The Kier molecular flexibility index (Phi) is 5.06. The van der Waals surface area contributed by atoms with Gasteiger partial charge in [0.2, 0.25) is 0 Å². The maximum absolute atomic E-state index is 3.57. The Bertz CT molecular complexity index is 437. The minimum atomic E-state index is 0.688. The van der Waals surface area contributed by atoms with Crippen molar-refractivity contribution in [2.45, 2.75) is 62.3 Å². The van der Waals surface area contributed by atoms with Crippen LogP contribution in [-0.2, 0) is 12.8 Å². The summed E-state index contributed by atoms with van der Waals surface area (Å²) >= 11 is 2.05. The molecule has 1 nitrogen and oxygen atoms in total. The van der Waals surface area contributed by atoms with Gasteiger partial charge in [-0.3, -0.25) is 0 Å². The minimum absolute atomic E-state index is 0.688. The minimum Gasteiger partial charge on any atom is -0.316 e. The number of benzene rings is 1. The molecular formula is C18H27NS. The van der Waals surface area contributed by atoms with Crippen LogP contribution in [0.4, 0.5) is 0 Å². The van der Waals surface area contributed by atoms with Gasteiger partial charge in [0.25, 0.3) is 0 Å². The molecular weight excluding hydrogens is 262 g/mol. The average Bonchev–Trinajstić information content (AvgIpc) is 2.96. The predicted molar refractivity (Wildman–Crippen MR) is 88.6 cm³/mol. The summed E-state index contributed by atoms with van der Waals surface area (Å²) in [7, 11) is 2.14. The number of aryl methyl sites for hydroxylation is 2. The van der Waals surface area contributed by atoms with Crippen LogP contribution in [0.2, 0.25) is 0 Å². The van der Waals surface area contributed by atoms with Crippen molar-refractivity contribution >= 4 is 11.8 Å². The number of fused-ring (bicyclic) bond motifs is 1. The maximum atomic E-state index is 3.57. The Hall–Kier alpha value is -0.470. The summed E-state index contributed by atoms with van der Waals surface area (Å²) in [5, 5.41) is 3.57. The topological polar surface area (TPSA) is 12.0 Å². The van der Waals surface area contributed by atoms with Crippen LogP contribution in [0.3, 0.4) is 0 Å². The van der Waals surface area contributed by atoms with E-state index in [1.165, 1.54) is 62.0 Å². The summed E-state index contributed by atoms with van der Waals surface area (Å²) in [4.78, 5) is 1.47. The van der Waals surface area contributed by atoms with Crippen molar-refractivity contribution in [3.05, 3.63) is 29.3 Å². The van der Waals surface area contributed by atoms with E-state index >= 15 is 0 Å². The Morgan fingerprint density at radius 3 is 2.70 bits per heavy atom. The second kappa shape index (κ2) is 7.00. The van der Waals surface area contributed by atoms with E-state index in [1.807, 2.05) is 0 Å². The Morgan fingerprint density at radius 1 is 1.10 bits per heavy atom. The quantitative estimate of drug-likeness (QED) is 0.805. The first kappa shape index (κ1) is 14.5. The lowest BCUT2D eigenvalue weighted by Crippen LogP contribution is -2.36. The molecule has 1 atom stereocenters. The SMILES string of the molecule is CNC(CSc1ccc2c(c1)CCC2)C1CCCCC1. The number of thioether (sulfide) groups is 1. The van der Waals surface area contributed by atoms with Crippen LogP contribution in [-0.4, -0.2) is 18.8 Å². The van der Waals surface area contributed by atoms with Crippen LogP contribution in [0.15, 0.2) is 23.1 Å². The highest BCUT2D eigenvalue weighted by Crippen LogP contribution is 2.31. The molecule has 1 unspecified atom stereocenters. The molecule has 0 bridgehead atoms. The van der Waals surface area contributed by atoms with Crippen molar-refractivity contribution in [3.63, 3.8) is 0 Å². The van der Waals surface area contributed by atoms with Gasteiger partial charge in [0.15, 0.2) is 0 Å². The van der Waals surface area contributed by atoms with Gasteiger partial charge in [-0.25, -0.2) is 0 Å². The predicted octanol–water partition coefficient (Wildman–Crippen LogP) is 4.44. The fourth-order valence-corrected chi connectivity index (χ4v) is 5.02. The zero-order chi connectivity index (χ0) is 13.8. The van der Waals surface area contributed by atoms with E-state index in [9.17, 15) is 0 Å². The summed E-state index contributed by atoms with van der Waals surface area (Å²) in [5.41, 5.74) is 3.19. The first-order valence-electron chi connectivity index (χ1n) is 8.28. The molecule has 2 heteroatoms. The van der Waals surface area contributed by atoms with Crippen molar-refractivity contribution in [3.8, 4) is 0 Å². The van der Waals surface area contributed by atoms with Crippen LogP contribution < -0.4 is 5.32 Å². The van der Waals surface area contributed by atoms with Gasteiger partial charge in [0, 0.05) is 16.7 Å². The maximum Gasteiger partial charge on any atom is 0.0186 e. The van der Waals surface area contributed by atoms with Gasteiger partial charge in [-0.15, -0.1) is 11.8 Å². The third-order valence-corrected chi connectivity index (χ3v) is 6.20. The lowest BCUT2D eigenvalue weighted by atomic mass is 9.84. The molecule has 1 aromatic rings. The van der Waals surface area contributed by atoms with E-state index in [0.717, 1.165) is 5.92 Å². The summed E-state index contributed by atoms with van der Waals surface area (Å²) < 4.78 is 0. The Labute approximate surface area is 127 Å². The molecule has 0 radical (unpaired) electrons. The Morgan fingerprint density at radius 2 is 1.90 bits per heavy atom. The molecule has 1 saturated carbocycles. The molecule has 1 N–H and O–H groups in total. The summed E-state index contributed by atoms with van der Waals surface area (Å²) in [6.07, 6.45) is 11.1. The highest BCUT2D eigenvalue weighted by molar-refractivity contribution is 7.99. The normalized spacial score (nSPS) is 20.9. The van der Waals surface area contributed by atoms with E-state index < -0.39 is 0 Å². The molecule has 0 spiro atoms. The van der Waals surface area contributed by atoms with Gasteiger partial charge in [-0.05, 0) is 68.3 Å². The summed E-state index contributed by atoms with van der Waals surface area (Å²) in [5.74, 6) is 2.12. The van der Waals surface area contributed by atoms with E-state index in [2.05, 4.69) is 42.3 Å². The summed E-state index contributed by atoms with van der Waals surface area (Å²) in [6, 6.07) is 7.83. The van der Waals surface area contributed by atoms with Crippen LogP contribution in [0, 0.1) is 5.92 Å². The molecule has 0 saturated heterocycles. The van der Waals surface area contributed by atoms with Crippen molar-refractivity contribution in [1.82, 2.24) is 5.32 Å². The second-order valence-corrected chi connectivity index (χ2v) is 7.48. The van der Waals surface area contributed by atoms with E-state index in [0.29, 0.717) is 6.04 Å². The first-order chi connectivity index (χ1) is 9.86. The number of nitrogens with one attached hydrogen (secondary N) is 1. The average molecular weight is 289 g/mol. The molecule has 2 aliphatic carbocycles. The van der Waals surface area contributed by atoms with Gasteiger partial charge < -0.3 is 5.32 Å². The fourth-order valence-electron chi connectivity index (χ4n) is 3.82. The van der Waals surface area contributed by atoms with Crippen LogP contribution in [0.25, 0.3) is 0 Å². The molecule has 0 aliphatic heterocycles. The number of rotatable bonds is 5. The van der Waals surface area contributed by atoms with Crippen molar-refractivity contribution in [1.29, 1.82) is 0 Å². The lowest BCUT2D eigenvalue weighted by Gasteiger charge is -2.29. The van der Waals surface area contributed by atoms with Crippen molar-refractivity contribution < 1.29 is 0 Å². The smallest absolute Gasteiger partial charge is 0.0186 e. The fraction of sp³-hybridized carbons (Fsp3) is 0.667. The van der Waals surface area contributed by atoms with E-state index in [4.69, 9.17) is 0 Å². The molecule has 3 rings (SSSR count). The largest absolute Gasteiger partial charge is 0.316 e. The summed E-state index contributed by atoms with van der Waals surface area (Å²) in [6.45, 7) is 0. The standard InChI is InChI=1S/C18H27NS/c1-19-18(15-6-3-2-4-7-15)13-20-17-11-10-14-8-5-9-16(14)12-17/h10-12,15,18-19H,2-9,13H2,1H3. The zero-order valence-electron chi connectivity index (χ0n) is 12.7. The molecule has 20 heavy (non-hydrogen) atoms. The van der Waals surface area contributed by atoms with Gasteiger partial charge in [-0.2, -0.15) is 0 Å². The molecule has 1 fully saturated rings. The van der Waals surface area contributed by atoms with Gasteiger partial charge >= 0.3 is 0 Å². The third kappa shape index (κ3) is 3.40. The van der Waals surface area contributed by atoms with E-state index in [1.54, 1.807) is 11.1 Å². The molecule has 0 amide bonds. The number of hydrogen-bond acceptors (Lipinski definition) is 2. The molecule has 2 aliphatic rings. The van der Waals surface area contributed by atoms with Gasteiger partial charge in [0.1, 0.15) is 0 Å². The van der Waals surface area contributed by atoms with Crippen LogP contribution in [0.1, 0.15) is 49.7 Å². The number of hydrogen-bond donors (Lipinski definition) is 1. The first-order valence-corrected chi connectivity index (χ1v) is 9.27. The van der Waals surface area contributed by atoms with Crippen molar-refractivity contribution in [2.24, 2.45) is 5.92 Å². The lowest BCUT2D eigenvalue weighted by molar-refractivity contribution is 0.294. The van der Waals surface area contributed by atoms with E-state index in [-0.39, 0.29) is 0 Å². The van der Waals surface area contributed by atoms with Gasteiger partial charge in [-0.1, -0.05) is 25.3 Å².